The molecule has 2 atom stereocenters. The molecule has 0 aliphatic heterocycles. The quantitative estimate of drug-likeness (QED) is 0.470. The average Bonchev–Trinajstić information content (AvgIpc) is 2.54. The van der Waals surface area contributed by atoms with Crippen molar-refractivity contribution in [1.29, 1.82) is 0 Å². The molecule has 24 heavy (non-hydrogen) atoms. The number of hydrogen-bond acceptors (Lipinski definition) is 3. The van der Waals surface area contributed by atoms with E-state index in [2.05, 4.69) is 55.8 Å². The normalized spacial score (nSPS) is 22.0. The second-order valence-corrected chi connectivity index (χ2v) is 6.74. The van der Waals surface area contributed by atoms with E-state index in [4.69, 9.17) is 4.74 Å². The van der Waals surface area contributed by atoms with Crippen molar-refractivity contribution in [3.63, 3.8) is 0 Å². The molecule has 0 saturated heterocycles. The summed E-state index contributed by atoms with van der Waals surface area (Å²) in [5.74, 6) is 6.80. The maximum Gasteiger partial charge on any atom is 0.339 e. The van der Waals surface area contributed by atoms with Crippen LogP contribution >= 0.6 is 0 Å². The first-order valence-corrected chi connectivity index (χ1v) is 8.43. The number of ether oxygens (including phenoxy) is 1. The van der Waals surface area contributed by atoms with Gasteiger partial charge < -0.3 is 4.74 Å². The zero-order valence-corrected chi connectivity index (χ0v) is 14.9. The van der Waals surface area contributed by atoms with Crippen LogP contribution in [0.1, 0.15) is 50.2 Å². The predicted molar refractivity (Wildman–Crippen MR) is 96.4 cm³/mol. The number of pyridine rings is 1. The number of esters is 1. The summed E-state index contributed by atoms with van der Waals surface area (Å²) in [6, 6.07) is 3.43. The van der Waals surface area contributed by atoms with E-state index < -0.39 is 0 Å². The van der Waals surface area contributed by atoms with Crippen molar-refractivity contribution in [3.8, 4) is 11.8 Å². The summed E-state index contributed by atoms with van der Waals surface area (Å²) in [5, 5.41) is 0. The molecule has 0 saturated carbocycles. The number of carbonyl (C=O) groups is 1. The monoisotopic (exact) mass is 323 g/mol. The zero-order chi connectivity index (χ0) is 17.6. The number of carbonyl (C=O) groups excluding carboxylic acids is 1. The van der Waals surface area contributed by atoms with E-state index in [0.717, 1.165) is 6.42 Å². The number of nitrogens with zero attached hydrogens (tertiary/aromatic N) is 1. The van der Waals surface area contributed by atoms with Crippen LogP contribution in [-0.4, -0.2) is 17.6 Å². The minimum atomic E-state index is -0.356. The fourth-order valence-corrected chi connectivity index (χ4v) is 3.09. The largest absolute Gasteiger partial charge is 0.462 e. The molecule has 1 aliphatic carbocycles. The molecule has 1 heterocycles. The van der Waals surface area contributed by atoms with Crippen LogP contribution in [0.2, 0.25) is 0 Å². The van der Waals surface area contributed by atoms with E-state index in [-0.39, 0.29) is 11.4 Å². The van der Waals surface area contributed by atoms with Gasteiger partial charge in [-0.3, -0.25) is 0 Å². The van der Waals surface area contributed by atoms with Crippen LogP contribution in [0.5, 0.6) is 0 Å². The van der Waals surface area contributed by atoms with Crippen LogP contribution in [0, 0.1) is 29.1 Å². The molecule has 0 spiro atoms. The highest BCUT2D eigenvalue weighted by Crippen LogP contribution is 2.40. The molecular formula is C21H25NO2. The Bertz CT molecular complexity index is 687. The Morgan fingerprint density at radius 1 is 1.46 bits per heavy atom. The first-order valence-electron chi connectivity index (χ1n) is 8.43. The van der Waals surface area contributed by atoms with E-state index in [1.54, 1.807) is 19.1 Å². The lowest BCUT2D eigenvalue weighted by Gasteiger charge is -2.37. The van der Waals surface area contributed by atoms with E-state index in [0.29, 0.717) is 29.7 Å². The highest BCUT2D eigenvalue weighted by molar-refractivity contribution is 5.89. The molecule has 3 nitrogen and oxygen atoms in total. The summed E-state index contributed by atoms with van der Waals surface area (Å²) < 4.78 is 4.93. The lowest BCUT2D eigenvalue weighted by molar-refractivity contribution is 0.0526. The van der Waals surface area contributed by atoms with Crippen LogP contribution in [0.4, 0.5) is 0 Å². The Morgan fingerprint density at radius 2 is 2.25 bits per heavy atom. The van der Waals surface area contributed by atoms with Crippen molar-refractivity contribution < 1.29 is 9.53 Å². The lowest BCUT2D eigenvalue weighted by atomic mass is 9.68. The maximum atomic E-state index is 11.6. The standard InChI is InChI=1S/C21H25NO2/c1-5-24-20(23)17-12-13-18(22-15-17)10-6-7-11-19-16(2)9-8-14-21(19,3)4/h7-8,11-16,19H,5,9H2,1-4H3. The van der Waals surface area contributed by atoms with Gasteiger partial charge >= 0.3 is 5.97 Å². The van der Waals surface area contributed by atoms with Crippen molar-refractivity contribution in [2.24, 2.45) is 17.3 Å². The molecule has 2 rings (SSSR count). The Labute approximate surface area is 144 Å². The summed E-state index contributed by atoms with van der Waals surface area (Å²) in [7, 11) is 0. The summed E-state index contributed by atoms with van der Waals surface area (Å²) in [6.45, 7) is 8.94. The van der Waals surface area contributed by atoms with Gasteiger partial charge in [-0.15, -0.1) is 0 Å². The highest BCUT2D eigenvalue weighted by Gasteiger charge is 2.31. The SMILES string of the molecule is CCOC(=O)c1ccc(C#CC=CC2C(C)CC=CC2(C)C)nc1. The summed E-state index contributed by atoms with van der Waals surface area (Å²) in [4.78, 5) is 15.8. The third-order valence-corrected chi connectivity index (χ3v) is 4.39. The van der Waals surface area contributed by atoms with Crippen LogP contribution in [0.15, 0.2) is 42.6 Å². The number of hydrogen-bond donors (Lipinski definition) is 0. The van der Waals surface area contributed by atoms with Crippen molar-refractivity contribution in [2.45, 2.75) is 34.1 Å². The number of allylic oxidation sites excluding steroid dienone is 4. The molecule has 1 aliphatic rings. The molecule has 0 N–H and O–H groups in total. The molecular weight excluding hydrogens is 298 g/mol. The molecule has 126 valence electrons. The Balaban J connectivity index is 2.02. The fraction of sp³-hybridized carbons (Fsp3) is 0.429. The van der Waals surface area contributed by atoms with Gasteiger partial charge in [0.25, 0.3) is 0 Å². The first kappa shape index (κ1) is 18.0. The van der Waals surface area contributed by atoms with E-state index in [9.17, 15) is 4.79 Å². The van der Waals surface area contributed by atoms with Crippen molar-refractivity contribution >= 4 is 5.97 Å². The van der Waals surface area contributed by atoms with E-state index >= 15 is 0 Å². The first-order chi connectivity index (χ1) is 11.4. The predicted octanol–water partition coefficient (Wildman–Crippen LogP) is 4.40. The Morgan fingerprint density at radius 3 is 2.88 bits per heavy atom. The number of rotatable bonds is 3. The van der Waals surface area contributed by atoms with Crippen molar-refractivity contribution in [1.82, 2.24) is 4.98 Å². The average molecular weight is 323 g/mol. The van der Waals surface area contributed by atoms with Crippen LogP contribution in [0.25, 0.3) is 0 Å². The van der Waals surface area contributed by atoms with Gasteiger partial charge in [0.2, 0.25) is 0 Å². The topological polar surface area (TPSA) is 39.2 Å². The smallest absolute Gasteiger partial charge is 0.339 e. The Hall–Kier alpha value is -2.34. The van der Waals surface area contributed by atoms with Crippen LogP contribution in [0.3, 0.4) is 0 Å². The van der Waals surface area contributed by atoms with E-state index in [1.807, 2.05) is 6.08 Å². The number of aromatic nitrogens is 1. The van der Waals surface area contributed by atoms with Crippen molar-refractivity contribution in [2.75, 3.05) is 6.61 Å². The summed E-state index contributed by atoms with van der Waals surface area (Å²) in [6.07, 6.45) is 11.3. The summed E-state index contributed by atoms with van der Waals surface area (Å²) >= 11 is 0. The molecule has 2 unspecified atom stereocenters. The van der Waals surface area contributed by atoms with Crippen molar-refractivity contribution in [3.05, 3.63) is 53.9 Å². The molecule has 0 fully saturated rings. The molecule has 1 aromatic rings. The van der Waals surface area contributed by atoms with Gasteiger partial charge in [0, 0.05) is 6.20 Å². The van der Waals surface area contributed by atoms with Gasteiger partial charge in [-0.1, -0.05) is 44.9 Å². The van der Waals surface area contributed by atoms with Gasteiger partial charge in [-0.2, -0.15) is 0 Å². The van der Waals surface area contributed by atoms with Gasteiger partial charge in [0.05, 0.1) is 12.2 Å². The zero-order valence-electron chi connectivity index (χ0n) is 14.9. The van der Waals surface area contributed by atoms with Gasteiger partial charge in [0.15, 0.2) is 0 Å². The van der Waals surface area contributed by atoms with Gasteiger partial charge in [0.1, 0.15) is 5.69 Å². The molecule has 0 aromatic carbocycles. The third-order valence-electron chi connectivity index (χ3n) is 4.39. The van der Waals surface area contributed by atoms with Crippen LogP contribution < -0.4 is 0 Å². The Kier molecular flexibility index (Phi) is 5.98. The summed E-state index contributed by atoms with van der Waals surface area (Å²) in [5.41, 5.74) is 1.25. The minimum Gasteiger partial charge on any atom is -0.462 e. The molecule has 0 amide bonds. The fourth-order valence-electron chi connectivity index (χ4n) is 3.09. The second kappa shape index (κ2) is 7.97. The van der Waals surface area contributed by atoms with Crippen LogP contribution in [-0.2, 0) is 4.74 Å². The minimum absolute atomic E-state index is 0.162. The van der Waals surface area contributed by atoms with Gasteiger partial charge in [-0.25, -0.2) is 9.78 Å². The lowest BCUT2D eigenvalue weighted by Crippen LogP contribution is -2.28. The molecule has 0 radical (unpaired) electrons. The molecule has 3 heteroatoms. The van der Waals surface area contributed by atoms with E-state index in [1.165, 1.54) is 6.20 Å². The third kappa shape index (κ3) is 4.58. The van der Waals surface area contributed by atoms with Gasteiger partial charge in [-0.05, 0) is 54.7 Å². The second-order valence-electron chi connectivity index (χ2n) is 6.74. The molecule has 0 bridgehead atoms. The molecule has 1 aromatic heterocycles. The highest BCUT2D eigenvalue weighted by atomic mass is 16.5. The maximum absolute atomic E-state index is 11.6.